The first-order chi connectivity index (χ1) is 8.72. The van der Waals surface area contributed by atoms with Crippen LogP contribution in [0.5, 0.6) is 0 Å². The first kappa shape index (κ1) is 11.0. The van der Waals surface area contributed by atoms with Crippen molar-refractivity contribution in [3.8, 4) is 0 Å². The minimum atomic E-state index is -0.458. The molecular weight excluding hydrogens is 238 g/mol. The minimum Gasteiger partial charge on any atom is -0.423 e. The lowest BCUT2D eigenvalue weighted by molar-refractivity contribution is -0.384. The first-order valence-corrected chi connectivity index (χ1v) is 5.61. The Balaban J connectivity index is 1.87. The van der Waals surface area contributed by atoms with Crippen molar-refractivity contribution < 1.29 is 14.1 Å². The Labute approximate surface area is 102 Å². The number of rotatable bonds is 3. The zero-order valence-electron chi connectivity index (χ0n) is 9.46. The molecule has 3 rings (SSSR count). The highest BCUT2D eigenvalue weighted by molar-refractivity contribution is 5.77. The number of nitro groups is 1. The van der Waals surface area contributed by atoms with Crippen LogP contribution in [0.4, 0.5) is 11.7 Å². The maximum absolute atomic E-state index is 10.6. The molecule has 1 aromatic heterocycles. The molecule has 0 radical (unpaired) electrons. The summed E-state index contributed by atoms with van der Waals surface area (Å²) in [6.07, 6.45) is 0.902. The van der Waals surface area contributed by atoms with Gasteiger partial charge in [0, 0.05) is 12.7 Å². The lowest BCUT2D eigenvalue weighted by Gasteiger charge is -2.06. The standard InChI is InChI=1S/C11H11N3O4/c15-14(16)8-1-2-9-10(5-8)18-11(13-9)12-7-3-4-17-6-7/h1-2,5,7H,3-4,6H2,(H,12,13). The summed E-state index contributed by atoms with van der Waals surface area (Å²) in [6, 6.07) is 4.92. The van der Waals surface area contributed by atoms with Crippen LogP contribution >= 0.6 is 0 Å². The zero-order chi connectivity index (χ0) is 12.5. The number of nitrogens with one attached hydrogen (secondary N) is 1. The normalized spacial score (nSPS) is 19.2. The van der Waals surface area contributed by atoms with Crippen LogP contribution in [0.25, 0.3) is 11.1 Å². The van der Waals surface area contributed by atoms with Gasteiger partial charge in [0.1, 0.15) is 5.52 Å². The molecule has 7 nitrogen and oxygen atoms in total. The fourth-order valence-corrected chi connectivity index (χ4v) is 1.91. The van der Waals surface area contributed by atoms with Crippen molar-refractivity contribution in [1.82, 2.24) is 4.98 Å². The molecule has 0 aliphatic carbocycles. The third-order valence-corrected chi connectivity index (χ3v) is 2.84. The molecule has 1 aliphatic rings. The molecule has 1 saturated heterocycles. The number of hydrogen-bond acceptors (Lipinski definition) is 6. The number of fused-ring (bicyclic) bond motifs is 1. The van der Waals surface area contributed by atoms with Gasteiger partial charge in [0.25, 0.3) is 11.7 Å². The first-order valence-electron chi connectivity index (χ1n) is 5.61. The van der Waals surface area contributed by atoms with Crippen LogP contribution in [0.1, 0.15) is 6.42 Å². The Morgan fingerprint density at radius 3 is 3.11 bits per heavy atom. The summed E-state index contributed by atoms with van der Waals surface area (Å²) in [5.74, 6) is 0. The molecule has 1 N–H and O–H groups in total. The summed E-state index contributed by atoms with van der Waals surface area (Å²) >= 11 is 0. The third kappa shape index (κ3) is 2.00. The molecule has 18 heavy (non-hydrogen) atoms. The molecule has 1 aromatic carbocycles. The van der Waals surface area contributed by atoms with E-state index in [9.17, 15) is 10.1 Å². The SMILES string of the molecule is O=[N+]([O-])c1ccc2nc(NC3CCOC3)oc2c1. The van der Waals surface area contributed by atoms with Gasteiger partial charge < -0.3 is 14.5 Å². The number of benzene rings is 1. The van der Waals surface area contributed by atoms with E-state index in [1.807, 2.05) is 0 Å². The lowest BCUT2D eigenvalue weighted by Crippen LogP contribution is -2.18. The van der Waals surface area contributed by atoms with E-state index in [-0.39, 0.29) is 11.7 Å². The summed E-state index contributed by atoms with van der Waals surface area (Å²) in [6.45, 7) is 1.35. The molecule has 2 aromatic rings. The second-order valence-corrected chi connectivity index (χ2v) is 4.13. The smallest absolute Gasteiger partial charge is 0.295 e. The monoisotopic (exact) mass is 249 g/mol. The Morgan fingerprint density at radius 2 is 2.39 bits per heavy atom. The highest BCUT2D eigenvalue weighted by atomic mass is 16.6. The predicted molar refractivity (Wildman–Crippen MR) is 63.5 cm³/mol. The van der Waals surface area contributed by atoms with E-state index in [1.165, 1.54) is 12.1 Å². The number of anilines is 1. The minimum absolute atomic E-state index is 0.00519. The van der Waals surface area contributed by atoms with Gasteiger partial charge in [-0.2, -0.15) is 4.98 Å². The number of non-ortho nitro benzene ring substituents is 1. The van der Waals surface area contributed by atoms with E-state index < -0.39 is 4.92 Å². The highest BCUT2D eigenvalue weighted by Gasteiger charge is 2.18. The number of aromatic nitrogens is 1. The number of hydrogen-bond donors (Lipinski definition) is 1. The van der Waals surface area contributed by atoms with Gasteiger partial charge in [0.05, 0.1) is 23.6 Å². The van der Waals surface area contributed by atoms with E-state index in [1.54, 1.807) is 6.07 Å². The largest absolute Gasteiger partial charge is 0.423 e. The fourth-order valence-electron chi connectivity index (χ4n) is 1.91. The van der Waals surface area contributed by atoms with Crippen LogP contribution in [-0.2, 0) is 4.74 Å². The van der Waals surface area contributed by atoms with Gasteiger partial charge in [0.15, 0.2) is 5.58 Å². The number of nitrogens with zero attached hydrogens (tertiary/aromatic N) is 2. The van der Waals surface area contributed by atoms with E-state index in [0.29, 0.717) is 23.7 Å². The Kier molecular flexibility index (Phi) is 2.60. The van der Waals surface area contributed by atoms with E-state index in [0.717, 1.165) is 13.0 Å². The molecule has 0 spiro atoms. The Morgan fingerprint density at radius 1 is 1.50 bits per heavy atom. The number of oxazole rings is 1. The van der Waals surface area contributed by atoms with Gasteiger partial charge in [-0.25, -0.2) is 0 Å². The van der Waals surface area contributed by atoms with Gasteiger partial charge >= 0.3 is 0 Å². The summed E-state index contributed by atoms with van der Waals surface area (Å²) in [5, 5.41) is 13.7. The third-order valence-electron chi connectivity index (χ3n) is 2.84. The highest BCUT2D eigenvalue weighted by Crippen LogP contribution is 2.24. The maximum atomic E-state index is 10.6. The van der Waals surface area contributed by atoms with Crippen molar-refractivity contribution >= 4 is 22.8 Å². The van der Waals surface area contributed by atoms with Crippen molar-refractivity contribution in [2.45, 2.75) is 12.5 Å². The maximum Gasteiger partial charge on any atom is 0.295 e. The van der Waals surface area contributed by atoms with Gasteiger partial charge in [0.2, 0.25) is 0 Å². The van der Waals surface area contributed by atoms with Crippen molar-refractivity contribution in [2.75, 3.05) is 18.5 Å². The molecule has 1 aliphatic heterocycles. The van der Waals surface area contributed by atoms with Gasteiger partial charge in [-0.05, 0) is 12.5 Å². The molecule has 0 saturated carbocycles. The van der Waals surface area contributed by atoms with E-state index in [2.05, 4.69) is 10.3 Å². The molecule has 7 heteroatoms. The lowest BCUT2D eigenvalue weighted by atomic mass is 10.3. The molecular formula is C11H11N3O4. The molecule has 0 amide bonds. The fraction of sp³-hybridized carbons (Fsp3) is 0.364. The van der Waals surface area contributed by atoms with Gasteiger partial charge in [-0.1, -0.05) is 0 Å². The number of ether oxygens (including phenoxy) is 1. The molecule has 1 atom stereocenters. The zero-order valence-corrected chi connectivity index (χ0v) is 9.46. The summed E-state index contributed by atoms with van der Waals surface area (Å²) in [5.41, 5.74) is 1.00. The molecule has 1 unspecified atom stereocenters. The van der Waals surface area contributed by atoms with E-state index >= 15 is 0 Å². The topological polar surface area (TPSA) is 90.4 Å². The van der Waals surface area contributed by atoms with Crippen molar-refractivity contribution in [3.63, 3.8) is 0 Å². The van der Waals surface area contributed by atoms with Crippen LogP contribution in [0.2, 0.25) is 0 Å². The van der Waals surface area contributed by atoms with Crippen molar-refractivity contribution in [1.29, 1.82) is 0 Å². The van der Waals surface area contributed by atoms with Crippen LogP contribution in [0.15, 0.2) is 22.6 Å². The predicted octanol–water partition coefficient (Wildman–Crippen LogP) is 1.94. The summed E-state index contributed by atoms with van der Waals surface area (Å²) in [4.78, 5) is 14.4. The van der Waals surface area contributed by atoms with Gasteiger partial charge in [-0.15, -0.1) is 0 Å². The molecule has 0 bridgehead atoms. The molecule has 2 heterocycles. The average molecular weight is 249 g/mol. The van der Waals surface area contributed by atoms with Crippen molar-refractivity contribution in [3.05, 3.63) is 28.3 Å². The van der Waals surface area contributed by atoms with Crippen LogP contribution < -0.4 is 5.32 Å². The molecule has 94 valence electrons. The van der Waals surface area contributed by atoms with Crippen molar-refractivity contribution in [2.24, 2.45) is 0 Å². The quantitative estimate of drug-likeness (QED) is 0.660. The Bertz CT molecular complexity index is 589. The van der Waals surface area contributed by atoms with Crippen LogP contribution in [0, 0.1) is 10.1 Å². The average Bonchev–Trinajstić information content (AvgIpc) is 2.96. The summed E-state index contributed by atoms with van der Waals surface area (Å²) in [7, 11) is 0. The van der Waals surface area contributed by atoms with Crippen LogP contribution in [0.3, 0.4) is 0 Å². The van der Waals surface area contributed by atoms with Gasteiger partial charge in [-0.3, -0.25) is 10.1 Å². The second-order valence-electron chi connectivity index (χ2n) is 4.13. The van der Waals surface area contributed by atoms with E-state index in [4.69, 9.17) is 9.15 Å². The summed E-state index contributed by atoms with van der Waals surface area (Å²) < 4.78 is 10.7. The second kappa shape index (κ2) is 4.26. The Hall–Kier alpha value is -2.15. The van der Waals surface area contributed by atoms with Crippen LogP contribution in [-0.4, -0.2) is 29.2 Å². The molecule has 1 fully saturated rings. The number of nitro benzene ring substituents is 1.